The van der Waals surface area contributed by atoms with Crippen molar-refractivity contribution in [1.82, 2.24) is 4.98 Å². The van der Waals surface area contributed by atoms with E-state index in [9.17, 15) is 9.59 Å². The number of aromatic nitrogens is 1. The molecule has 1 amide bonds. The summed E-state index contributed by atoms with van der Waals surface area (Å²) in [7, 11) is 1.58. The predicted molar refractivity (Wildman–Crippen MR) is 116 cm³/mol. The highest BCUT2D eigenvalue weighted by Crippen LogP contribution is 2.35. The molecule has 28 heavy (non-hydrogen) atoms. The molecule has 140 valence electrons. The Bertz CT molecular complexity index is 1150. The van der Waals surface area contributed by atoms with E-state index in [0.717, 1.165) is 28.2 Å². The van der Waals surface area contributed by atoms with E-state index >= 15 is 0 Å². The molecule has 3 aromatic rings. The van der Waals surface area contributed by atoms with Gasteiger partial charge in [-0.05, 0) is 37.3 Å². The lowest BCUT2D eigenvalue weighted by Gasteiger charge is -2.14. The van der Waals surface area contributed by atoms with Gasteiger partial charge in [-0.3, -0.25) is 14.5 Å². The van der Waals surface area contributed by atoms with Gasteiger partial charge < -0.3 is 9.72 Å². The number of ketones is 1. The molecule has 1 aliphatic heterocycles. The minimum atomic E-state index is -0.287. The van der Waals surface area contributed by atoms with Crippen LogP contribution in [0.4, 0.5) is 5.69 Å². The van der Waals surface area contributed by atoms with E-state index in [0.29, 0.717) is 26.2 Å². The van der Waals surface area contributed by atoms with Gasteiger partial charge in [-0.2, -0.15) is 0 Å². The van der Waals surface area contributed by atoms with Crippen molar-refractivity contribution in [3.8, 4) is 5.75 Å². The summed E-state index contributed by atoms with van der Waals surface area (Å²) < 4.78 is 5.65. The SMILES string of the molecule is COc1ccc2[nH]cc(C(=O)/C=C3\SC(=S)N(c4ccc(C)cc4)C3=O)c2c1. The number of H-pyrrole nitrogens is 1. The first-order chi connectivity index (χ1) is 13.5. The number of nitrogens with one attached hydrogen (secondary N) is 1. The quantitative estimate of drug-likeness (QED) is 0.388. The number of carbonyl (C=O) groups excluding carboxylic acids is 2. The van der Waals surface area contributed by atoms with Gasteiger partial charge in [-0.1, -0.05) is 41.7 Å². The molecule has 0 saturated carbocycles. The molecular formula is C21H16N2O3S2. The molecule has 2 heterocycles. The molecule has 0 aliphatic carbocycles. The van der Waals surface area contributed by atoms with Gasteiger partial charge in [0.05, 0.1) is 17.7 Å². The molecule has 1 aromatic heterocycles. The third-order valence-corrected chi connectivity index (χ3v) is 5.80. The second-order valence-corrected chi connectivity index (χ2v) is 8.01. The summed E-state index contributed by atoms with van der Waals surface area (Å²) in [5, 5.41) is 0.745. The zero-order valence-electron chi connectivity index (χ0n) is 15.2. The molecule has 1 fully saturated rings. The number of benzene rings is 2. The van der Waals surface area contributed by atoms with Crippen LogP contribution in [-0.2, 0) is 4.79 Å². The number of nitrogens with zero attached hydrogens (tertiary/aromatic N) is 1. The minimum Gasteiger partial charge on any atom is -0.497 e. The van der Waals surface area contributed by atoms with Gasteiger partial charge in [-0.25, -0.2) is 0 Å². The van der Waals surface area contributed by atoms with E-state index in [4.69, 9.17) is 17.0 Å². The van der Waals surface area contributed by atoms with Crippen molar-refractivity contribution >= 4 is 56.6 Å². The Balaban J connectivity index is 1.66. The molecule has 5 nitrogen and oxygen atoms in total. The highest BCUT2D eigenvalue weighted by Gasteiger charge is 2.34. The van der Waals surface area contributed by atoms with Crippen LogP contribution in [0.1, 0.15) is 15.9 Å². The number of carbonyl (C=O) groups is 2. The molecule has 1 N–H and O–H groups in total. The summed E-state index contributed by atoms with van der Waals surface area (Å²) in [6.07, 6.45) is 3.00. The second-order valence-electron chi connectivity index (χ2n) is 6.33. The average molecular weight is 409 g/mol. The van der Waals surface area contributed by atoms with Crippen molar-refractivity contribution in [2.45, 2.75) is 6.92 Å². The number of thiocarbonyl (C=S) groups is 1. The molecule has 2 aromatic carbocycles. The summed E-state index contributed by atoms with van der Waals surface area (Å²) in [5.41, 5.74) is 3.09. The normalized spacial score (nSPS) is 15.6. The molecule has 1 saturated heterocycles. The number of anilines is 1. The molecule has 1 aliphatic rings. The van der Waals surface area contributed by atoms with Gasteiger partial charge in [0.25, 0.3) is 5.91 Å². The number of aryl methyl sites for hydroxylation is 1. The van der Waals surface area contributed by atoms with Crippen molar-refractivity contribution in [1.29, 1.82) is 0 Å². The van der Waals surface area contributed by atoms with E-state index in [2.05, 4.69) is 4.98 Å². The first-order valence-corrected chi connectivity index (χ1v) is 9.74. The average Bonchev–Trinajstić information content (AvgIpc) is 3.23. The zero-order chi connectivity index (χ0) is 19.8. The fraction of sp³-hybridized carbons (Fsp3) is 0.0952. The Morgan fingerprint density at radius 3 is 2.68 bits per heavy atom. The zero-order valence-corrected chi connectivity index (χ0v) is 16.8. The first-order valence-electron chi connectivity index (χ1n) is 8.52. The van der Waals surface area contributed by atoms with Crippen molar-refractivity contribution in [3.05, 3.63) is 70.8 Å². The molecule has 7 heteroatoms. The van der Waals surface area contributed by atoms with Crippen molar-refractivity contribution in [2.75, 3.05) is 12.0 Å². The molecule has 0 spiro atoms. The van der Waals surface area contributed by atoms with Crippen LogP contribution in [-0.4, -0.2) is 28.1 Å². The minimum absolute atomic E-state index is 0.260. The lowest BCUT2D eigenvalue weighted by molar-refractivity contribution is -0.113. The van der Waals surface area contributed by atoms with Crippen LogP contribution in [0.5, 0.6) is 5.75 Å². The Labute approximate surface area is 171 Å². The summed E-state index contributed by atoms with van der Waals surface area (Å²) >= 11 is 6.50. The second kappa shape index (κ2) is 7.26. The smallest absolute Gasteiger partial charge is 0.270 e. The van der Waals surface area contributed by atoms with Crippen LogP contribution in [0.25, 0.3) is 10.9 Å². The van der Waals surface area contributed by atoms with Crippen LogP contribution in [0, 0.1) is 6.92 Å². The van der Waals surface area contributed by atoms with E-state index in [1.165, 1.54) is 11.0 Å². The monoisotopic (exact) mass is 408 g/mol. The van der Waals surface area contributed by atoms with Crippen molar-refractivity contribution in [2.24, 2.45) is 0 Å². The number of hydrogen-bond acceptors (Lipinski definition) is 5. The van der Waals surface area contributed by atoms with Gasteiger partial charge in [0.15, 0.2) is 10.1 Å². The van der Waals surface area contributed by atoms with E-state index in [1.807, 2.05) is 43.3 Å². The topological polar surface area (TPSA) is 62.4 Å². The Morgan fingerprint density at radius 2 is 1.96 bits per heavy atom. The van der Waals surface area contributed by atoms with Gasteiger partial charge in [0.1, 0.15) is 5.75 Å². The van der Waals surface area contributed by atoms with Crippen LogP contribution < -0.4 is 9.64 Å². The van der Waals surface area contributed by atoms with Crippen molar-refractivity contribution in [3.63, 3.8) is 0 Å². The van der Waals surface area contributed by atoms with E-state index in [1.54, 1.807) is 19.4 Å². The Hall–Kier alpha value is -2.90. The number of hydrogen-bond donors (Lipinski definition) is 1. The summed E-state index contributed by atoms with van der Waals surface area (Å²) in [6, 6.07) is 13.0. The number of fused-ring (bicyclic) bond motifs is 1. The molecular weight excluding hydrogens is 392 g/mol. The lowest BCUT2D eigenvalue weighted by Crippen LogP contribution is -2.27. The van der Waals surface area contributed by atoms with Gasteiger partial charge in [-0.15, -0.1) is 0 Å². The van der Waals surface area contributed by atoms with E-state index in [-0.39, 0.29) is 11.7 Å². The summed E-state index contributed by atoms with van der Waals surface area (Å²) in [5.74, 6) is 0.111. The number of ether oxygens (including phenoxy) is 1. The third kappa shape index (κ3) is 3.23. The predicted octanol–water partition coefficient (Wildman–Crippen LogP) is 4.62. The molecule has 0 bridgehead atoms. The molecule has 4 rings (SSSR count). The summed E-state index contributed by atoms with van der Waals surface area (Å²) in [6.45, 7) is 1.98. The first kappa shape index (κ1) is 18.5. The maximum atomic E-state index is 12.9. The van der Waals surface area contributed by atoms with Crippen LogP contribution in [0.3, 0.4) is 0 Å². The van der Waals surface area contributed by atoms with Crippen LogP contribution in [0.2, 0.25) is 0 Å². The van der Waals surface area contributed by atoms with Gasteiger partial charge >= 0.3 is 0 Å². The fourth-order valence-corrected chi connectivity index (χ4v) is 4.28. The number of methoxy groups -OCH3 is 1. The largest absolute Gasteiger partial charge is 0.497 e. The summed E-state index contributed by atoms with van der Waals surface area (Å²) in [4.78, 5) is 30.5. The number of rotatable bonds is 4. The molecule has 0 radical (unpaired) electrons. The highest BCUT2D eigenvalue weighted by atomic mass is 32.2. The number of aromatic amines is 1. The number of allylic oxidation sites excluding steroid dienone is 1. The van der Waals surface area contributed by atoms with Crippen molar-refractivity contribution < 1.29 is 14.3 Å². The number of thioether (sulfide) groups is 1. The van der Waals surface area contributed by atoms with Crippen LogP contribution in [0.15, 0.2) is 59.6 Å². The Morgan fingerprint density at radius 1 is 1.21 bits per heavy atom. The molecule has 0 atom stereocenters. The molecule has 0 unspecified atom stereocenters. The highest BCUT2D eigenvalue weighted by molar-refractivity contribution is 8.27. The van der Waals surface area contributed by atoms with E-state index < -0.39 is 0 Å². The lowest BCUT2D eigenvalue weighted by atomic mass is 10.1. The Kier molecular flexibility index (Phi) is 4.78. The standard InChI is InChI=1S/C21H16N2O3S2/c1-12-3-5-13(6-4-12)23-20(25)19(28-21(23)27)10-18(24)16-11-22-17-8-7-14(26-2)9-15(16)17/h3-11,22H,1-2H3/b19-10-. The van der Waals surface area contributed by atoms with Gasteiger partial charge in [0.2, 0.25) is 0 Å². The fourth-order valence-electron chi connectivity index (χ4n) is 3.01. The van der Waals surface area contributed by atoms with Crippen LogP contribution >= 0.6 is 24.0 Å². The number of amides is 1. The maximum Gasteiger partial charge on any atom is 0.270 e. The third-order valence-electron chi connectivity index (χ3n) is 4.50. The van der Waals surface area contributed by atoms with Gasteiger partial charge in [0, 0.05) is 28.7 Å². The maximum absolute atomic E-state index is 12.9.